The van der Waals surface area contributed by atoms with Gasteiger partial charge in [0.25, 0.3) is 0 Å². The number of hydrogen-bond donors (Lipinski definition) is 0. The summed E-state index contributed by atoms with van der Waals surface area (Å²) in [6.45, 7) is 17.2. The van der Waals surface area contributed by atoms with Crippen molar-refractivity contribution in [3.63, 3.8) is 0 Å². The molecule has 3 nitrogen and oxygen atoms in total. The van der Waals surface area contributed by atoms with Crippen LogP contribution in [-0.2, 0) is 13.1 Å². The molecule has 2 aromatic rings. The molecule has 164 valence electrons. The standard InChI is InChI=1S/C24H31N3.2ClH.Fe/c1-15-9-17(3)23(18(4)10-15)26-21(7)13-25-14-22(8)27-24-19(5)11-16(2)12-20(24)6;;;/h9-13H,14H2,1-8H3;2*1H;/q;;;+2/p-2. The monoisotopic (exact) mass is 487 g/mol. The molecule has 2 rings (SSSR count). The van der Waals surface area contributed by atoms with E-state index in [0.717, 1.165) is 22.8 Å². The van der Waals surface area contributed by atoms with E-state index < -0.39 is 0 Å². The number of aliphatic imine (C=N–C) groups is 3. The van der Waals surface area contributed by atoms with Crippen LogP contribution in [0.1, 0.15) is 47.2 Å². The Hall–Kier alpha value is -1.45. The summed E-state index contributed by atoms with van der Waals surface area (Å²) in [4.78, 5) is 14.1. The van der Waals surface area contributed by atoms with Crippen molar-refractivity contribution < 1.29 is 13.1 Å². The van der Waals surface area contributed by atoms with Crippen molar-refractivity contribution in [2.75, 3.05) is 6.54 Å². The van der Waals surface area contributed by atoms with E-state index in [1.54, 1.807) is 0 Å². The fraction of sp³-hybridized carbons (Fsp3) is 0.375. The predicted octanol–water partition coefficient (Wildman–Crippen LogP) is 7.87. The molecule has 6 heteroatoms. The van der Waals surface area contributed by atoms with Gasteiger partial charge >= 0.3 is 33.3 Å². The van der Waals surface area contributed by atoms with Crippen molar-refractivity contribution in [3.8, 4) is 0 Å². The van der Waals surface area contributed by atoms with Gasteiger partial charge in [0.05, 0.1) is 23.6 Å². The van der Waals surface area contributed by atoms with Gasteiger partial charge in [-0.3, -0.25) is 15.0 Å². The van der Waals surface area contributed by atoms with Crippen molar-refractivity contribution in [1.82, 2.24) is 0 Å². The Morgan fingerprint density at radius 2 is 1.13 bits per heavy atom. The van der Waals surface area contributed by atoms with E-state index in [1.165, 1.54) is 33.4 Å². The minimum atomic E-state index is 0.194. The third-order valence-electron chi connectivity index (χ3n) is 4.46. The Labute approximate surface area is 196 Å². The number of benzene rings is 2. The van der Waals surface area contributed by atoms with Crippen molar-refractivity contribution in [1.29, 1.82) is 0 Å². The summed E-state index contributed by atoms with van der Waals surface area (Å²) < 4.78 is 0. The van der Waals surface area contributed by atoms with E-state index in [4.69, 9.17) is 30.2 Å². The number of hydrogen-bond acceptors (Lipinski definition) is 3. The molecule has 0 saturated heterocycles. The average molecular weight is 488 g/mol. The molecule has 0 aliphatic heterocycles. The Bertz CT molecular complexity index is 917. The molecule has 0 aliphatic carbocycles. The maximum absolute atomic E-state index is 4.78. The molecule has 0 amide bonds. The summed E-state index contributed by atoms with van der Waals surface area (Å²) in [7, 11) is 9.53. The Balaban J connectivity index is 0.00000141. The normalized spacial score (nSPS) is 12.3. The summed E-state index contributed by atoms with van der Waals surface area (Å²) in [5.41, 5.74) is 11.4. The topological polar surface area (TPSA) is 37.1 Å². The molecule has 0 fully saturated rings. The number of rotatable bonds is 5. The third kappa shape index (κ3) is 8.73. The van der Waals surface area contributed by atoms with Crippen LogP contribution in [-0.4, -0.2) is 24.2 Å². The molecular weight excluding hydrogens is 457 g/mol. The van der Waals surface area contributed by atoms with Crippen molar-refractivity contribution in [2.24, 2.45) is 15.0 Å². The van der Waals surface area contributed by atoms with E-state index in [-0.39, 0.29) is 13.1 Å². The molecule has 0 bridgehead atoms. The van der Waals surface area contributed by atoms with Gasteiger partial charge in [-0.25, -0.2) is 0 Å². The molecule has 0 N–H and O–H groups in total. The van der Waals surface area contributed by atoms with Gasteiger partial charge < -0.3 is 0 Å². The zero-order valence-corrected chi connectivity index (χ0v) is 21.7. The predicted molar refractivity (Wildman–Crippen MR) is 132 cm³/mol. The van der Waals surface area contributed by atoms with Crippen LogP contribution >= 0.6 is 20.2 Å². The molecule has 0 atom stereocenters. The molecular formula is C24H31Cl2FeN3. The first-order chi connectivity index (χ1) is 14.1. The molecule has 0 heterocycles. The van der Waals surface area contributed by atoms with Gasteiger partial charge in [-0.1, -0.05) is 35.4 Å². The van der Waals surface area contributed by atoms with Gasteiger partial charge in [0, 0.05) is 11.9 Å². The van der Waals surface area contributed by atoms with Crippen LogP contribution in [0.4, 0.5) is 11.4 Å². The third-order valence-corrected chi connectivity index (χ3v) is 4.46. The second kappa shape index (κ2) is 13.1. The van der Waals surface area contributed by atoms with E-state index >= 15 is 0 Å². The van der Waals surface area contributed by atoms with Crippen molar-refractivity contribution >= 4 is 49.2 Å². The van der Waals surface area contributed by atoms with Gasteiger partial charge in [-0.15, -0.1) is 0 Å². The van der Waals surface area contributed by atoms with Crippen LogP contribution in [0.15, 0.2) is 39.2 Å². The quantitative estimate of drug-likeness (QED) is 0.304. The van der Waals surface area contributed by atoms with Gasteiger partial charge in [-0.2, -0.15) is 0 Å². The van der Waals surface area contributed by atoms with Crippen LogP contribution in [0.25, 0.3) is 0 Å². The molecule has 0 saturated carbocycles. The first-order valence-corrected chi connectivity index (χ1v) is 12.7. The SMILES string of the molecule is CC(C=NCC(C)=Nc1c(C)cc(C)cc1C)=Nc1c(C)cc(C)cc1C.[Cl][Fe][Cl]. The minimum absolute atomic E-state index is 0.194. The fourth-order valence-electron chi connectivity index (χ4n) is 3.44. The average Bonchev–Trinajstić information content (AvgIpc) is 2.62. The van der Waals surface area contributed by atoms with E-state index in [2.05, 4.69) is 70.8 Å². The van der Waals surface area contributed by atoms with Gasteiger partial charge in [0.1, 0.15) is 0 Å². The molecule has 0 aliphatic rings. The summed E-state index contributed by atoms with van der Waals surface area (Å²) in [5.74, 6) is 0. The fourth-order valence-corrected chi connectivity index (χ4v) is 3.44. The zero-order valence-electron chi connectivity index (χ0n) is 19.0. The number of nitrogens with zero attached hydrogens (tertiary/aromatic N) is 3. The Morgan fingerprint density at radius 3 is 1.53 bits per heavy atom. The van der Waals surface area contributed by atoms with Crippen molar-refractivity contribution in [2.45, 2.75) is 55.4 Å². The second-order valence-corrected chi connectivity index (χ2v) is 9.44. The summed E-state index contributed by atoms with van der Waals surface area (Å²) in [5, 5.41) is 0. The zero-order chi connectivity index (χ0) is 22.8. The van der Waals surface area contributed by atoms with Gasteiger partial charge in [0.15, 0.2) is 0 Å². The van der Waals surface area contributed by atoms with Gasteiger partial charge in [-0.05, 0) is 77.6 Å². The van der Waals surface area contributed by atoms with Crippen LogP contribution < -0.4 is 0 Å². The maximum atomic E-state index is 4.78. The summed E-state index contributed by atoms with van der Waals surface area (Å²) >= 11 is 0.194. The van der Waals surface area contributed by atoms with Crippen LogP contribution in [0.3, 0.4) is 0 Å². The van der Waals surface area contributed by atoms with Gasteiger partial charge in [0.2, 0.25) is 0 Å². The number of aryl methyl sites for hydroxylation is 6. The summed E-state index contributed by atoms with van der Waals surface area (Å²) in [6.07, 6.45) is 1.84. The molecule has 0 radical (unpaired) electrons. The molecule has 0 aromatic heterocycles. The number of halogens is 2. The molecule has 0 unspecified atom stereocenters. The van der Waals surface area contributed by atoms with Crippen LogP contribution in [0.5, 0.6) is 0 Å². The van der Waals surface area contributed by atoms with Crippen LogP contribution in [0, 0.1) is 41.5 Å². The summed E-state index contributed by atoms with van der Waals surface area (Å²) in [6, 6.07) is 8.68. The molecule has 0 spiro atoms. The van der Waals surface area contributed by atoms with Crippen molar-refractivity contribution in [3.05, 3.63) is 57.6 Å². The second-order valence-electron chi connectivity index (χ2n) is 7.62. The first-order valence-electron chi connectivity index (χ1n) is 9.69. The Kier molecular flexibility index (Phi) is 11.6. The van der Waals surface area contributed by atoms with Crippen LogP contribution in [0.2, 0.25) is 0 Å². The van der Waals surface area contributed by atoms with E-state index in [9.17, 15) is 0 Å². The van der Waals surface area contributed by atoms with E-state index in [1.807, 2.05) is 20.1 Å². The molecule has 30 heavy (non-hydrogen) atoms. The first kappa shape index (κ1) is 26.6. The molecule has 2 aromatic carbocycles. The van der Waals surface area contributed by atoms with E-state index in [0.29, 0.717) is 6.54 Å². The Morgan fingerprint density at radius 1 is 0.767 bits per heavy atom.